The molecular formula is C15H20N2O2. The Morgan fingerprint density at radius 3 is 2.74 bits per heavy atom. The first-order chi connectivity index (χ1) is 9.15. The van der Waals surface area contributed by atoms with Gasteiger partial charge in [0.1, 0.15) is 12.1 Å². The van der Waals surface area contributed by atoms with E-state index in [0.717, 1.165) is 24.9 Å². The number of carbonyl (C=O) groups excluding carboxylic acids is 1. The molecule has 0 heterocycles. The normalized spacial score (nSPS) is 11.5. The van der Waals surface area contributed by atoms with Crippen molar-refractivity contribution in [2.75, 3.05) is 19.1 Å². The summed E-state index contributed by atoms with van der Waals surface area (Å²) in [6, 6.07) is 9.08. The number of carbonyl (C=O) groups is 1. The molecule has 0 spiro atoms. The number of esters is 1. The summed E-state index contributed by atoms with van der Waals surface area (Å²) in [5, 5.41) is 9.13. The van der Waals surface area contributed by atoms with Gasteiger partial charge >= 0.3 is 5.97 Å². The number of nitrogens with zero attached hydrogens (tertiary/aromatic N) is 2. The minimum Gasteiger partial charge on any atom is -0.467 e. The van der Waals surface area contributed by atoms with Crippen LogP contribution in [-0.2, 0) is 9.53 Å². The fourth-order valence-corrected chi connectivity index (χ4v) is 2.05. The number of unbranched alkanes of at least 4 members (excludes halogenated alkanes) is 1. The number of methoxy groups -OCH3 is 1. The Labute approximate surface area is 114 Å². The van der Waals surface area contributed by atoms with E-state index in [2.05, 4.69) is 13.0 Å². The summed E-state index contributed by atoms with van der Waals surface area (Å²) in [5.74, 6) is -0.260. The van der Waals surface area contributed by atoms with Gasteiger partial charge in [0, 0.05) is 7.05 Å². The lowest BCUT2D eigenvalue weighted by atomic mass is 10.1. The fraction of sp³-hybridized carbons (Fsp3) is 0.467. The number of nitriles is 1. The second kappa shape index (κ2) is 7.42. The zero-order valence-electron chi connectivity index (χ0n) is 11.7. The highest BCUT2D eigenvalue weighted by Gasteiger charge is 2.25. The van der Waals surface area contributed by atoms with Crippen molar-refractivity contribution < 1.29 is 9.53 Å². The van der Waals surface area contributed by atoms with Crippen molar-refractivity contribution >= 4 is 11.7 Å². The second-order valence-corrected chi connectivity index (χ2v) is 4.42. The average Bonchev–Trinajstić information content (AvgIpc) is 2.46. The molecule has 4 nitrogen and oxygen atoms in total. The van der Waals surface area contributed by atoms with Gasteiger partial charge in [-0.25, -0.2) is 4.79 Å². The van der Waals surface area contributed by atoms with E-state index in [0.29, 0.717) is 5.56 Å². The lowest BCUT2D eigenvalue weighted by molar-refractivity contribution is -0.142. The molecule has 0 radical (unpaired) electrons. The van der Waals surface area contributed by atoms with Gasteiger partial charge in [-0.1, -0.05) is 31.9 Å². The molecule has 0 bridgehead atoms. The first-order valence-electron chi connectivity index (χ1n) is 6.45. The van der Waals surface area contributed by atoms with Crippen molar-refractivity contribution in [2.45, 2.75) is 32.2 Å². The van der Waals surface area contributed by atoms with E-state index in [-0.39, 0.29) is 12.0 Å². The van der Waals surface area contributed by atoms with Crippen LogP contribution < -0.4 is 4.90 Å². The van der Waals surface area contributed by atoms with Crippen LogP contribution in [0.15, 0.2) is 24.3 Å². The third-order valence-electron chi connectivity index (χ3n) is 3.18. The summed E-state index contributed by atoms with van der Waals surface area (Å²) in [6.07, 6.45) is 2.68. The van der Waals surface area contributed by atoms with Crippen LogP contribution >= 0.6 is 0 Å². The molecule has 0 aromatic heterocycles. The molecule has 1 atom stereocenters. The van der Waals surface area contributed by atoms with Gasteiger partial charge in [-0.15, -0.1) is 0 Å². The summed E-state index contributed by atoms with van der Waals surface area (Å²) in [5.41, 5.74) is 1.33. The minimum absolute atomic E-state index is 0.260. The van der Waals surface area contributed by atoms with Gasteiger partial charge < -0.3 is 9.64 Å². The van der Waals surface area contributed by atoms with Gasteiger partial charge in [-0.3, -0.25) is 0 Å². The van der Waals surface area contributed by atoms with Crippen LogP contribution in [-0.4, -0.2) is 26.2 Å². The molecule has 19 heavy (non-hydrogen) atoms. The minimum atomic E-state index is -0.348. The summed E-state index contributed by atoms with van der Waals surface area (Å²) in [4.78, 5) is 13.7. The van der Waals surface area contributed by atoms with Gasteiger partial charge in [0.05, 0.1) is 18.4 Å². The molecule has 4 heteroatoms. The maximum atomic E-state index is 11.9. The van der Waals surface area contributed by atoms with E-state index in [1.165, 1.54) is 7.11 Å². The first-order valence-corrected chi connectivity index (χ1v) is 6.45. The molecule has 0 saturated heterocycles. The third kappa shape index (κ3) is 3.72. The van der Waals surface area contributed by atoms with Crippen molar-refractivity contribution in [1.29, 1.82) is 5.26 Å². The molecule has 1 aromatic rings. The van der Waals surface area contributed by atoms with Gasteiger partial charge in [0.2, 0.25) is 0 Å². The topological polar surface area (TPSA) is 53.3 Å². The zero-order valence-corrected chi connectivity index (χ0v) is 11.7. The predicted molar refractivity (Wildman–Crippen MR) is 74.9 cm³/mol. The van der Waals surface area contributed by atoms with E-state index >= 15 is 0 Å². The Morgan fingerprint density at radius 2 is 2.16 bits per heavy atom. The van der Waals surface area contributed by atoms with Crippen molar-refractivity contribution in [3.63, 3.8) is 0 Å². The zero-order chi connectivity index (χ0) is 14.3. The first kappa shape index (κ1) is 15.0. The molecule has 0 aliphatic carbocycles. The molecule has 0 saturated carbocycles. The van der Waals surface area contributed by atoms with Crippen molar-refractivity contribution in [2.24, 2.45) is 0 Å². The van der Waals surface area contributed by atoms with Crippen LogP contribution in [0.3, 0.4) is 0 Å². The maximum Gasteiger partial charge on any atom is 0.328 e. The van der Waals surface area contributed by atoms with Crippen molar-refractivity contribution in [1.82, 2.24) is 0 Å². The number of anilines is 1. The summed E-state index contributed by atoms with van der Waals surface area (Å²) >= 11 is 0. The summed E-state index contributed by atoms with van der Waals surface area (Å²) in [7, 11) is 3.22. The Kier molecular flexibility index (Phi) is 5.87. The maximum absolute atomic E-state index is 11.9. The summed E-state index contributed by atoms with van der Waals surface area (Å²) in [6.45, 7) is 2.08. The third-order valence-corrected chi connectivity index (χ3v) is 3.18. The number of likely N-dealkylation sites (N-methyl/N-ethyl adjacent to an activating group) is 1. The molecule has 0 N–H and O–H groups in total. The molecule has 1 rings (SSSR count). The Bertz CT molecular complexity index is 465. The molecule has 0 fully saturated rings. The average molecular weight is 260 g/mol. The van der Waals surface area contributed by atoms with E-state index in [9.17, 15) is 4.79 Å². The van der Waals surface area contributed by atoms with Gasteiger partial charge in [0.15, 0.2) is 0 Å². The van der Waals surface area contributed by atoms with E-state index in [1.807, 2.05) is 30.1 Å². The van der Waals surface area contributed by atoms with Crippen molar-refractivity contribution in [3.05, 3.63) is 29.8 Å². The highest BCUT2D eigenvalue weighted by molar-refractivity contribution is 5.80. The molecule has 102 valence electrons. The van der Waals surface area contributed by atoms with Gasteiger partial charge in [-0.2, -0.15) is 5.26 Å². The van der Waals surface area contributed by atoms with Crippen LogP contribution in [0.1, 0.15) is 31.7 Å². The smallest absolute Gasteiger partial charge is 0.328 e. The predicted octanol–water partition coefficient (Wildman–Crippen LogP) is 2.73. The largest absolute Gasteiger partial charge is 0.467 e. The van der Waals surface area contributed by atoms with Crippen molar-refractivity contribution in [3.8, 4) is 6.07 Å². The molecule has 1 aromatic carbocycles. The quantitative estimate of drug-likeness (QED) is 0.738. The number of ether oxygens (including phenoxy) is 1. The van der Waals surface area contributed by atoms with Gasteiger partial charge in [0.25, 0.3) is 0 Å². The fourth-order valence-electron chi connectivity index (χ4n) is 2.05. The molecule has 0 amide bonds. The monoisotopic (exact) mass is 260 g/mol. The molecule has 0 aliphatic heterocycles. The highest BCUT2D eigenvalue weighted by Crippen LogP contribution is 2.22. The van der Waals surface area contributed by atoms with Crippen LogP contribution in [0.4, 0.5) is 5.69 Å². The van der Waals surface area contributed by atoms with Crippen LogP contribution in [0.5, 0.6) is 0 Å². The number of rotatable bonds is 6. The standard InChI is InChI=1S/C15H20N2O2/c1-4-5-9-14(15(18)19-3)17(2)13-10-7-6-8-12(13)11-16/h6-8,10,14H,4-5,9H2,1-3H3. The van der Waals surface area contributed by atoms with Crippen LogP contribution in [0.25, 0.3) is 0 Å². The van der Waals surface area contributed by atoms with Gasteiger partial charge in [-0.05, 0) is 18.6 Å². The Balaban J connectivity index is 3.01. The Morgan fingerprint density at radius 1 is 1.47 bits per heavy atom. The number of hydrogen-bond acceptors (Lipinski definition) is 4. The molecular weight excluding hydrogens is 240 g/mol. The number of para-hydroxylation sites is 1. The summed E-state index contributed by atoms with van der Waals surface area (Å²) < 4.78 is 4.86. The Hall–Kier alpha value is -2.02. The molecule has 1 unspecified atom stereocenters. The number of benzene rings is 1. The van der Waals surface area contributed by atoms with Crippen LogP contribution in [0, 0.1) is 11.3 Å². The highest BCUT2D eigenvalue weighted by atomic mass is 16.5. The molecule has 0 aliphatic rings. The SMILES string of the molecule is CCCCC(C(=O)OC)N(C)c1ccccc1C#N. The van der Waals surface area contributed by atoms with E-state index < -0.39 is 0 Å². The second-order valence-electron chi connectivity index (χ2n) is 4.42. The lowest BCUT2D eigenvalue weighted by Gasteiger charge is -2.28. The van der Waals surface area contributed by atoms with E-state index in [1.54, 1.807) is 6.07 Å². The lowest BCUT2D eigenvalue weighted by Crippen LogP contribution is -2.39. The van der Waals surface area contributed by atoms with Crippen LogP contribution in [0.2, 0.25) is 0 Å². The number of hydrogen-bond donors (Lipinski definition) is 0. The van der Waals surface area contributed by atoms with E-state index in [4.69, 9.17) is 10.00 Å².